The van der Waals surface area contributed by atoms with Gasteiger partial charge in [0, 0.05) is 0 Å². The summed E-state index contributed by atoms with van der Waals surface area (Å²) in [5.74, 6) is -1.57. The summed E-state index contributed by atoms with van der Waals surface area (Å²) in [4.78, 5) is 10.8. The summed E-state index contributed by atoms with van der Waals surface area (Å²) in [5.41, 5.74) is -7.49. The third kappa shape index (κ3) is 2.29. The minimum atomic E-state index is -5.62. The van der Waals surface area contributed by atoms with Gasteiger partial charge in [-0.3, -0.25) is 4.79 Å². The zero-order valence-corrected chi connectivity index (χ0v) is 8.86. The average molecular weight is 261 g/mol. The maximum atomic E-state index is 12.1. The van der Waals surface area contributed by atoms with Gasteiger partial charge >= 0.3 is 21.5 Å². The number of hydrogen-bond donors (Lipinski definition) is 2. The molecular formula is C7H10F3NO4S. The van der Waals surface area contributed by atoms with Gasteiger partial charge < -0.3 is 5.11 Å². The highest BCUT2D eigenvalue weighted by atomic mass is 32.2. The van der Waals surface area contributed by atoms with Gasteiger partial charge in [-0.1, -0.05) is 12.8 Å². The van der Waals surface area contributed by atoms with Crippen LogP contribution in [0.2, 0.25) is 0 Å². The van der Waals surface area contributed by atoms with Crippen LogP contribution in [0.25, 0.3) is 0 Å². The topological polar surface area (TPSA) is 83.5 Å². The van der Waals surface area contributed by atoms with Crippen molar-refractivity contribution in [2.24, 2.45) is 0 Å². The van der Waals surface area contributed by atoms with Crippen LogP contribution in [0.4, 0.5) is 13.2 Å². The first kappa shape index (κ1) is 13.2. The summed E-state index contributed by atoms with van der Waals surface area (Å²) in [5, 5.41) is 8.80. The average Bonchev–Trinajstić information content (AvgIpc) is 2.50. The van der Waals surface area contributed by atoms with E-state index in [1.807, 2.05) is 0 Å². The molecule has 0 atom stereocenters. The predicted molar refractivity (Wildman–Crippen MR) is 46.9 cm³/mol. The summed E-state index contributed by atoms with van der Waals surface area (Å²) in [6.45, 7) is 0. The first-order valence-electron chi connectivity index (χ1n) is 4.44. The monoisotopic (exact) mass is 261 g/mol. The molecule has 0 amide bonds. The number of aliphatic carboxylic acids is 1. The fourth-order valence-corrected chi connectivity index (χ4v) is 2.57. The fourth-order valence-electron chi connectivity index (χ4n) is 1.65. The molecule has 9 heteroatoms. The van der Waals surface area contributed by atoms with Crippen LogP contribution in [0.1, 0.15) is 25.7 Å². The van der Waals surface area contributed by atoms with E-state index in [0.717, 1.165) is 0 Å². The number of rotatable bonds is 3. The first-order valence-corrected chi connectivity index (χ1v) is 5.93. The Kier molecular flexibility index (Phi) is 3.21. The number of carboxylic acid groups (broad SMARTS) is 1. The molecule has 1 rings (SSSR count). The quantitative estimate of drug-likeness (QED) is 0.788. The minimum absolute atomic E-state index is 0.127. The van der Waals surface area contributed by atoms with Gasteiger partial charge in [-0.05, 0) is 12.8 Å². The molecule has 2 N–H and O–H groups in total. The Morgan fingerprint density at radius 3 is 2.00 bits per heavy atom. The molecule has 0 saturated heterocycles. The van der Waals surface area contributed by atoms with E-state index in [1.54, 1.807) is 0 Å². The molecule has 1 fully saturated rings. The Balaban J connectivity index is 2.99. The highest BCUT2D eigenvalue weighted by molar-refractivity contribution is 7.90. The van der Waals surface area contributed by atoms with Crippen molar-refractivity contribution in [2.75, 3.05) is 0 Å². The molecule has 0 radical (unpaired) electrons. The Morgan fingerprint density at radius 2 is 1.69 bits per heavy atom. The van der Waals surface area contributed by atoms with Crippen LogP contribution in [0.5, 0.6) is 0 Å². The van der Waals surface area contributed by atoms with Gasteiger partial charge in [0.25, 0.3) is 0 Å². The van der Waals surface area contributed by atoms with Crippen LogP contribution in [-0.4, -0.2) is 30.5 Å². The normalized spacial score (nSPS) is 20.9. The van der Waals surface area contributed by atoms with E-state index in [-0.39, 0.29) is 12.8 Å². The fraction of sp³-hybridized carbons (Fsp3) is 0.857. The Hall–Kier alpha value is -0.830. The second kappa shape index (κ2) is 3.88. The number of halogens is 3. The smallest absolute Gasteiger partial charge is 0.480 e. The molecule has 1 aliphatic carbocycles. The van der Waals surface area contributed by atoms with Crippen molar-refractivity contribution in [1.29, 1.82) is 0 Å². The molecule has 16 heavy (non-hydrogen) atoms. The van der Waals surface area contributed by atoms with Crippen molar-refractivity contribution < 1.29 is 31.5 Å². The van der Waals surface area contributed by atoms with Crippen molar-refractivity contribution in [3.8, 4) is 0 Å². The van der Waals surface area contributed by atoms with Crippen LogP contribution in [0, 0.1) is 0 Å². The third-order valence-corrected chi connectivity index (χ3v) is 3.77. The number of sulfonamides is 1. The molecule has 5 nitrogen and oxygen atoms in total. The van der Waals surface area contributed by atoms with Gasteiger partial charge in [0.15, 0.2) is 0 Å². The van der Waals surface area contributed by atoms with E-state index in [2.05, 4.69) is 0 Å². The molecule has 1 saturated carbocycles. The number of carbonyl (C=O) groups is 1. The second-order valence-corrected chi connectivity index (χ2v) is 5.32. The van der Waals surface area contributed by atoms with Crippen molar-refractivity contribution >= 4 is 16.0 Å². The lowest BCUT2D eigenvalue weighted by Gasteiger charge is -2.25. The lowest BCUT2D eigenvalue weighted by molar-refractivity contribution is -0.143. The molecule has 0 aliphatic heterocycles. The lowest BCUT2D eigenvalue weighted by atomic mass is 10.0. The second-order valence-electron chi connectivity index (χ2n) is 3.65. The summed E-state index contributed by atoms with van der Waals surface area (Å²) in [7, 11) is -5.62. The molecule has 1 aliphatic rings. The molecule has 0 aromatic heterocycles. The highest BCUT2D eigenvalue weighted by Gasteiger charge is 2.53. The summed E-state index contributed by atoms with van der Waals surface area (Å²) in [6.07, 6.45) is 0.509. The van der Waals surface area contributed by atoms with Crippen LogP contribution < -0.4 is 4.72 Å². The summed E-state index contributed by atoms with van der Waals surface area (Å²) >= 11 is 0. The zero-order chi connectivity index (χ0) is 12.6. The van der Waals surface area contributed by atoms with Crippen molar-refractivity contribution in [3.63, 3.8) is 0 Å². The van der Waals surface area contributed by atoms with Crippen LogP contribution in [-0.2, 0) is 14.8 Å². The van der Waals surface area contributed by atoms with E-state index in [9.17, 15) is 26.4 Å². The van der Waals surface area contributed by atoms with Crippen LogP contribution in [0.3, 0.4) is 0 Å². The molecular weight excluding hydrogens is 251 g/mol. The van der Waals surface area contributed by atoms with Crippen molar-refractivity contribution in [3.05, 3.63) is 0 Å². The largest absolute Gasteiger partial charge is 0.511 e. The highest BCUT2D eigenvalue weighted by Crippen LogP contribution is 2.33. The predicted octanol–water partition coefficient (Wildman–Crippen LogP) is 0.823. The van der Waals surface area contributed by atoms with Crippen molar-refractivity contribution in [1.82, 2.24) is 4.72 Å². The number of alkyl halides is 3. The summed E-state index contributed by atoms with van der Waals surface area (Å²) in [6, 6.07) is 0. The Labute approximate surface area is 89.7 Å². The molecule has 0 heterocycles. The molecule has 0 aromatic carbocycles. The molecule has 0 unspecified atom stereocenters. The van der Waals surface area contributed by atoms with E-state index in [1.165, 1.54) is 4.72 Å². The van der Waals surface area contributed by atoms with Crippen LogP contribution in [0.15, 0.2) is 0 Å². The van der Waals surface area contributed by atoms with Gasteiger partial charge in [-0.2, -0.15) is 17.9 Å². The third-order valence-electron chi connectivity index (χ3n) is 2.50. The number of nitrogens with one attached hydrogen (secondary N) is 1. The maximum Gasteiger partial charge on any atom is 0.511 e. The summed E-state index contributed by atoms with van der Waals surface area (Å²) < 4.78 is 59.1. The minimum Gasteiger partial charge on any atom is -0.480 e. The Morgan fingerprint density at radius 1 is 1.25 bits per heavy atom. The lowest BCUT2D eigenvalue weighted by Crippen LogP contribution is -2.55. The maximum absolute atomic E-state index is 12.1. The van der Waals surface area contributed by atoms with Gasteiger partial charge in [-0.25, -0.2) is 8.42 Å². The standard InChI is InChI=1S/C7H10F3NO4S/c8-7(9,10)16(14,15)11-6(5(12)13)3-1-2-4-6/h11H,1-4H2,(H,12,13). The van der Waals surface area contributed by atoms with E-state index < -0.39 is 27.0 Å². The van der Waals surface area contributed by atoms with Crippen molar-refractivity contribution in [2.45, 2.75) is 36.7 Å². The number of hydrogen-bond acceptors (Lipinski definition) is 3. The van der Waals surface area contributed by atoms with E-state index >= 15 is 0 Å². The molecule has 0 aromatic rings. The first-order chi connectivity index (χ1) is 7.11. The number of carboxylic acids is 1. The molecule has 0 bridgehead atoms. The molecule has 0 spiro atoms. The zero-order valence-electron chi connectivity index (χ0n) is 8.04. The molecule has 94 valence electrons. The van der Waals surface area contributed by atoms with E-state index in [0.29, 0.717) is 12.8 Å². The van der Waals surface area contributed by atoms with Crippen LogP contribution >= 0.6 is 0 Å². The van der Waals surface area contributed by atoms with Gasteiger partial charge in [0.1, 0.15) is 5.54 Å². The van der Waals surface area contributed by atoms with Gasteiger partial charge in [0.2, 0.25) is 0 Å². The van der Waals surface area contributed by atoms with Gasteiger partial charge in [0.05, 0.1) is 0 Å². The Bertz CT molecular complexity index is 383. The SMILES string of the molecule is O=C(O)C1(NS(=O)(=O)C(F)(F)F)CCCC1. The van der Waals surface area contributed by atoms with Gasteiger partial charge in [-0.15, -0.1) is 0 Å². The van der Waals surface area contributed by atoms with E-state index in [4.69, 9.17) is 5.11 Å².